The van der Waals surface area contributed by atoms with Gasteiger partial charge in [-0.3, -0.25) is 9.59 Å². The highest BCUT2D eigenvalue weighted by molar-refractivity contribution is 5.95. The van der Waals surface area contributed by atoms with Crippen LogP contribution < -0.4 is 5.32 Å². The zero-order valence-corrected chi connectivity index (χ0v) is 13.9. The quantitative estimate of drug-likeness (QED) is 0.940. The number of fused-ring (bicyclic) bond motifs is 1. The lowest BCUT2D eigenvalue weighted by Gasteiger charge is -2.28. The van der Waals surface area contributed by atoms with Crippen molar-refractivity contribution in [1.82, 2.24) is 4.90 Å². The predicted octanol–water partition coefficient (Wildman–Crippen LogP) is 3.20. The highest BCUT2D eigenvalue weighted by atomic mass is 16.2. The zero-order chi connectivity index (χ0) is 16.9. The van der Waals surface area contributed by atoms with E-state index in [0.29, 0.717) is 0 Å². The lowest BCUT2D eigenvalue weighted by Crippen LogP contribution is -2.38. The minimum atomic E-state index is -0.179. The fraction of sp³-hybridized carbons (Fsp3) is 0.300. The third kappa shape index (κ3) is 3.65. The van der Waals surface area contributed by atoms with E-state index in [0.717, 1.165) is 30.5 Å². The Hall–Kier alpha value is -2.62. The average molecular weight is 322 g/mol. The van der Waals surface area contributed by atoms with E-state index >= 15 is 0 Å². The van der Waals surface area contributed by atoms with Gasteiger partial charge in [0.1, 0.15) is 0 Å². The molecule has 2 aromatic carbocycles. The van der Waals surface area contributed by atoms with Crippen LogP contribution in [0.3, 0.4) is 0 Å². The summed E-state index contributed by atoms with van der Waals surface area (Å²) in [7, 11) is 1.70. The summed E-state index contributed by atoms with van der Waals surface area (Å²) in [6.07, 6.45) is 2.89. The van der Waals surface area contributed by atoms with E-state index < -0.39 is 0 Å². The third-order valence-electron chi connectivity index (χ3n) is 4.48. The Morgan fingerprint density at radius 3 is 2.58 bits per heavy atom. The minimum Gasteiger partial charge on any atom is -0.336 e. The van der Waals surface area contributed by atoms with E-state index in [4.69, 9.17) is 0 Å². The SMILES string of the molecule is CN(CC(=O)Nc1ccccc1)C(=O)C1CCCc2ccccc21. The molecule has 1 N–H and O–H groups in total. The smallest absolute Gasteiger partial charge is 0.243 e. The number of anilines is 1. The van der Waals surface area contributed by atoms with Crippen LogP contribution in [0.2, 0.25) is 0 Å². The van der Waals surface area contributed by atoms with Gasteiger partial charge in [0.05, 0.1) is 12.5 Å². The molecule has 0 saturated heterocycles. The molecule has 4 nitrogen and oxygen atoms in total. The number of carbonyl (C=O) groups excluding carboxylic acids is 2. The van der Waals surface area contributed by atoms with E-state index in [2.05, 4.69) is 11.4 Å². The lowest BCUT2D eigenvalue weighted by atomic mass is 9.82. The first-order valence-corrected chi connectivity index (χ1v) is 8.33. The number of likely N-dealkylation sites (N-methyl/N-ethyl adjacent to an activating group) is 1. The van der Waals surface area contributed by atoms with Crippen molar-refractivity contribution in [3.05, 3.63) is 65.7 Å². The van der Waals surface area contributed by atoms with Crippen molar-refractivity contribution >= 4 is 17.5 Å². The van der Waals surface area contributed by atoms with Crippen LogP contribution >= 0.6 is 0 Å². The van der Waals surface area contributed by atoms with Crippen LogP contribution in [0.25, 0.3) is 0 Å². The van der Waals surface area contributed by atoms with E-state index in [-0.39, 0.29) is 24.3 Å². The summed E-state index contributed by atoms with van der Waals surface area (Å²) in [6.45, 7) is 0.0619. The number of aryl methyl sites for hydroxylation is 1. The first kappa shape index (κ1) is 16.2. The lowest BCUT2D eigenvalue weighted by molar-refractivity contribution is -0.134. The van der Waals surface area contributed by atoms with E-state index in [1.54, 1.807) is 7.05 Å². The monoisotopic (exact) mass is 322 g/mol. The molecule has 3 rings (SSSR count). The Bertz CT molecular complexity index is 727. The molecule has 24 heavy (non-hydrogen) atoms. The molecule has 0 spiro atoms. The van der Waals surface area contributed by atoms with Crippen molar-refractivity contribution in [1.29, 1.82) is 0 Å². The van der Waals surface area contributed by atoms with Gasteiger partial charge in [0.2, 0.25) is 11.8 Å². The normalized spacial score (nSPS) is 16.1. The molecule has 0 radical (unpaired) electrons. The molecule has 0 fully saturated rings. The zero-order valence-electron chi connectivity index (χ0n) is 13.9. The Labute approximate surface area is 142 Å². The van der Waals surface area contributed by atoms with Crippen LogP contribution in [-0.2, 0) is 16.0 Å². The second kappa shape index (κ2) is 7.30. The van der Waals surface area contributed by atoms with Gasteiger partial charge in [0.25, 0.3) is 0 Å². The molecule has 2 amide bonds. The number of rotatable bonds is 4. The van der Waals surface area contributed by atoms with Gasteiger partial charge >= 0.3 is 0 Å². The van der Waals surface area contributed by atoms with Crippen molar-refractivity contribution in [2.75, 3.05) is 18.9 Å². The maximum absolute atomic E-state index is 12.8. The maximum atomic E-state index is 12.8. The number of amides is 2. The number of hydrogen-bond acceptors (Lipinski definition) is 2. The molecule has 0 heterocycles. The number of nitrogens with zero attached hydrogens (tertiary/aromatic N) is 1. The molecule has 0 saturated carbocycles. The first-order valence-electron chi connectivity index (χ1n) is 8.33. The second-order valence-electron chi connectivity index (χ2n) is 6.25. The van der Waals surface area contributed by atoms with Crippen LogP contribution in [0, 0.1) is 0 Å². The van der Waals surface area contributed by atoms with Crippen LogP contribution in [-0.4, -0.2) is 30.3 Å². The Balaban J connectivity index is 1.64. The average Bonchev–Trinajstić information content (AvgIpc) is 2.61. The second-order valence-corrected chi connectivity index (χ2v) is 6.25. The molecular weight excluding hydrogens is 300 g/mol. The van der Waals surface area contributed by atoms with E-state index in [1.807, 2.05) is 48.5 Å². The van der Waals surface area contributed by atoms with Gasteiger partial charge in [-0.15, -0.1) is 0 Å². The largest absolute Gasteiger partial charge is 0.336 e. The summed E-state index contributed by atoms with van der Waals surface area (Å²) < 4.78 is 0. The summed E-state index contributed by atoms with van der Waals surface area (Å²) >= 11 is 0. The van der Waals surface area contributed by atoms with Crippen molar-refractivity contribution < 1.29 is 9.59 Å². The molecule has 1 aliphatic rings. The fourth-order valence-electron chi connectivity index (χ4n) is 3.29. The molecule has 1 aliphatic carbocycles. The highest BCUT2D eigenvalue weighted by Crippen LogP contribution is 2.32. The first-order chi connectivity index (χ1) is 11.6. The van der Waals surface area contributed by atoms with Crippen LogP contribution in [0.5, 0.6) is 0 Å². The number of benzene rings is 2. The Morgan fingerprint density at radius 2 is 1.79 bits per heavy atom. The minimum absolute atomic E-state index is 0.0189. The molecular formula is C20H22N2O2. The molecule has 1 unspecified atom stereocenters. The van der Waals surface area contributed by atoms with Crippen LogP contribution in [0.15, 0.2) is 54.6 Å². The molecule has 124 valence electrons. The van der Waals surface area contributed by atoms with Crippen molar-refractivity contribution in [3.8, 4) is 0 Å². The molecule has 1 atom stereocenters. The fourth-order valence-corrected chi connectivity index (χ4v) is 3.29. The number of nitrogens with one attached hydrogen (secondary N) is 1. The predicted molar refractivity (Wildman–Crippen MR) is 94.8 cm³/mol. The van der Waals surface area contributed by atoms with Gasteiger partial charge in [0, 0.05) is 12.7 Å². The third-order valence-corrected chi connectivity index (χ3v) is 4.48. The molecule has 4 heteroatoms. The summed E-state index contributed by atoms with van der Waals surface area (Å²) in [5.74, 6) is -0.295. The molecule has 2 aromatic rings. The molecule has 0 aromatic heterocycles. The van der Waals surface area contributed by atoms with Crippen LogP contribution in [0.4, 0.5) is 5.69 Å². The van der Waals surface area contributed by atoms with Gasteiger partial charge in [-0.25, -0.2) is 0 Å². The number of para-hydroxylation sites is 1. The number of carbonyl (C=O) groups is 2. The van der Waals surface area contributed by atoms with Gasteiger partial charge in [0.15, 0.2) is 0 Å². The Morgan fingerprint density at radius 1 is 1.08 bits per heavy atom. The summed E-state index contributed by atoms with van der Waals surface area (Å²) in [6, 6.07) is 17.4. The van der Waals surface area contributed by atoms with E-state index in [1.165, 1.54) is 10.5 Å². The van der Waals surface area contributed by atoms with Crippen molar-refractivity contribution in [2.24, 2.45) is 0 Å². The van der Waals surface area contributed by atoms with Gasteiger partial charge < -0.3 is 10.2 Å². The summed E-state index contributed by atoms with van der Waals surface area (Å²) in [5.41, 5.74) is 3.11. The maximum Gasteiger partial charge on any atom is 0.243 e. The van der Waals surface area contributed by atoms with Gasteiger partial charge in [-0.2, -0.15) is 0 Å². The molecule has 0 aliphatic heterocycles. The topological polar surface area (TPSA) is 49.4 Å². The highest BCUT2D eigenvalue weighted by Gasteiger charge is 2.29. The Kier molecular flexibility index (Phi) is 4.94. The van der Waals surface area contributed by atoms with Crippen molar-refractivity contribution in [2.45, 2.75) is 25.2 Å². The van der Waals surface area contributed by atoms with Gasteiger partial charge in [-0.05, 0) is 42.5 Å². The number of hydrogen-bond donors (Lipinski definition) is 1. The standard InChI is InChI=1S/C20H22N2O2/c1-22(14-19(23)21-16-10-3-2-4-11-16)20(24)18-13-7-9-15-8-5-6-12-17(15)18/h2-6,8,10-12,18H,7,9,13-14H2,1H3,(H,21,23). The van der Waals surface area contributed by atoms with E-state index in [9.17, 15) is 9.59 Å². The van der Waals surface area contributed by atoms with Gasteiger partial charge in [-0.1, -0.05) is 42.5 Å². The molecule has 0 bridgehead atoms. The van der Waals surface area contributed by atoms with Crippen molar-refractivity contribution in [3.63, 3.8) is 0 Å². The van der Waals surface area contributed by atoms with Crippen LogP contribution in [0.1, 0.15) is 29.9 Å². The summed E-state index contributed by atoms with van der Waals surface area (Å²) in [4.78, 5) is 26.5. The summed E-state index contributed by atoms with van der Waals surface area (Å²) in [5, 5.41) is 2.82.